The second-order valence-electron chi connectivity index (χ2n) is 5.78. The van der Waals surface area contributed by atoms with Crippen molar-refractivity contribution in [3.63, 3.8) is 0 Å². The minimum atomic E-state index is 0.332. The lowest BCUT2D eigenvalue weighted by Crippen LogP contribution is -2.11. The van der Waals surface area contributed by atoms with Crippen LogP contribution in [0.25, 0.3) is 0 Å². The predicted octanol–water partition coefficient (Wildman–Crippen LogP) is 4.97. The highest BCUT2D eigenvalue weighted by Crippen LogP contribution is 2.34. The maximum atomic E-state index is 2.41. The van der Waals surface area contributed by atoms with Gasteiger partial charge in [-0.2, -0.15) is 0 Å². The molecule has 0 heteroatoms. The van der Waals surface area contributed by atoms with E-state index >= 15 is 0 Å². The van der Waals surface area contributed by atoms with Gasteiger partial charge in [-0.25, -0.2) is 0 Å². The van der Waals surface area contributed by atoms with Gasteiger partial charge in [0.2, 0.25) is 0 Å². The highest BCUT2D eigenvalue weighted by molar-refractivity contribution is 5.47. The summed E-state index contributed by atoms with van der Waals surface area (Å²) in [6, 6.07) is 28.7. The van der Waals surface area contributed by atoms with Crippen LogP contribution in [0.3, 0.4) is 0 Å². The fourth-order valence-corrected chi connectivity index (χ4v) is 3.26. The van der Waals surface area contributed by atoms with E-state index < -0.39 is 0 Å². The summed E-state index contributed by atoms with van der Waals surface area (Å²) in [4.78, 5) is 0. The maximum Gasteiger partial charge on any atom is 0.0340 e. The third-order valence-corrected chi connectivity index (χ3v) is 4.49. The largest absolute Gasteiger partial charge is 0.0622 e. The fraction of sp³-hybridized carbons (Fsp3) is 0.143. The van der Waals surface area contributed by atoms with E-state index in [-0.39, 0.29) is 0 Å². The van der Waals surface area contributed by atoms with Crippen LogP contribution in [-0.2, 0) is 12.8 Å². The van der Waals surface area contributed by atoms with Gasteiger partial charge in [0.05, 0.1) is 0 Å². The molecule has 0 atom stereocenters. The molecule has 0 spiro atoms. The molecular formula is C21H18. The molecule has 0 fully saturated rings. The summed E-state index contributed by atoms with van der Waals surface area (Å²) in [5, 5.41) is 0. The zero-order valence-electron chi connectivity index (χ0n) is 12.0. The van der Waals surface area contributed by atoms with Crippen LogP contribution in [0.1, 0.15) is 33.7 Å². The number of benzene rings is 3. The number of fused-ring (bicyclic) bond motifs is 1. The first-order valence-electron chi connectivity index (χ1n) is 7.63. The van der Waals surface area contributed by atoms with Crippen LogP contribution in [0.2, 0.25) is 0 Å². The van der Waals surface area contributed by atoms with Crippen LogP contribution in [0, 0.1) is 0 Å². The van der Waals surface area contributed by atoms with Gasteiger partial charge < -0.3 is 0 Å². The Balaban J connectivity index is 1.85. The van der Waals surface area contributed by atoms with Crippen LogP contribution in [-0.4, -0.2) is 0 Å². The average molecular weight is 270 g/mol. The van der Waals surface area contributed by atoms with Crippen LogP contribution < -0.4 is 0 Å². The Morgan fingerprint density at radius 1 is 0.524 bits per heavy atom. The van der Waals surface area contributed by atoms with E-state index in [1.165, 1.54) is 40.7 Å². The summed E-state index contributed by atoms with van der Waals surface area (Å²) in [7, 11) is 0. The highest BCUT2D eigenvalue weighted by atomic mass is 14.2. The normalized spacial score (nSPS) is 12.8. The molecule has 0 saturated heterocycles. The number of rotatable bonds is 3. The van der Waals surface area contributed by atoms with Gasteiger partial charge in [-0.3, -0.25) is 0 Å². The van der Waals surface area contributed by atoms with Gasteiger partial charge in [0.1, 0.15) is 0 Å². The van der Waals surface area contributed by atoms with Crippen molar-refractivity contribution < 1.29 is 0 Å². The minimum Gasteiger partial charge on any atom is -0.0622 e. The van der Waals surface area contributed by atoms with Crippen molar-refractivity contribution in [2.75, 3.05) is 0 Å². The SMILES string of the molecule is c1ccc(C(c2ccccc2)c2ccc3c(c2)CC3)cc1. The van der Waals surface area contributed by atoms with E-state index in [4.69, 9.17) is 0 Å². The summed E-state index contributed by atoms with van der Waals surface area (Å²) in [5.74, 6) is 0.332. The second-order valence-corrected chi connectivity index (χ2v) is 5.78. The fourth-order valence-electron chi connectivity index (χ4n) is 3.26. The molecule has 0 aromatic heterocycles. The van der Waals surface area contributed by atoms with E-state index in [9.17, 15) is 0 Å². The predicted molar refractivity (Wildman–Crippen MR) is 87.7 cm³/mol. The maximum absolute atomic E-state index is 2.41. The van der Waals surface area contributed by atoms with Crippen LogP contribution in [0.5, 0.6) is 0 Å². The smallest absolute Gasteiger partial charge is 0.0340 e. The van der Waals surface area contributed by atoms with Gasteiger partial charge in [0.25, 0.3) is 0 Å². The van der Waals surface area contributed by atoms with Crippen molar-refractivity contribution in [2.24, 2.45) is 0 Å². The third-order valence-electron chi connectivity index (χ3n) is 4.49. The Morgan fingerprint density at radius 3 is 1.57 bits per heavy atom. The summed E-state index contributed by atoms with van der Waals surface area (Å²) in [6.07, 6.45) is 2.48. The third kappa shape index (κ3) is 2.27. The summed E-state index contributed by atoms with van der Waals surface area (Å²) in [6.45, 7) is 0. The van der Waals surface area contributed by atoms with E-state index in [0.717, 1.165) is 0 Å². The topological polar surface area (TPSA) is 0 Å². The molecule has 0 amide bonds. The molecule has 0 aliphatic heterocycles. The van der Waals surface area contributed by atoms with Gasteiger partial charge in [-0.15, -0.1) is 0 Å². The first kappa shape index (κ1) is 12.4. The van der Waals surface area contributed by atoms with Crippen molar-refractivity contribution in [1.29, 1.82) is 0 Å². The molecule has 1 aliphatic carbocycles. The van der Waals surface area contributed by atoms with Crippen molar-refractivity contribution >= 4 is 0 Å². The molecule has 1 aliphatic rings. The van der Waals surface area contributed by atoms with E-state index in [2.05, 4.69) is 78.9 Å². The number of aryl methyl sites for hydroxylation is 2. The molecule has 0 heterocycles. The monoisotopic (exact) mass is 270 g/mol. The molecular weight excluding hydrogens is 252 g/mol. The molecule has 102 valence electrons. The Morgan fingerprint density at radius 2 is 1.10 bits per heavy atom. The van der Waals surface area contributed by atoms with Crippen molar-refractivity contribution in [3.8, 4) is 0 Å². The molecule has 4 rings (SSSR count). The number of hydrogen-bond acceptors (Lipinski definition) is 0. The second kappa shape index (κ2) is 5.21. The van der Waals surface area contributed by atoms with Gasteiger partial charge >= 0.3 is 0 Å². The Kier molecular flexibility index (Phi) is 3.08. The van der Waals surface area contributed by atoms with Crippen molar-refractivity contribution in [2.45, 2.75) is 18.8 Å². The van der Waals surface area contributed by atoms with E-state index in [1.54, 1.807) is 0 Å². The molecule has 3 aromatic rings. The lowest BCUT2D eigenvalue weighted by atomic mass is 9.80. The summed E-state index contributed by atoms with van der Waals surface area (Å²) in [5.41, 5.74) is 7.19. The molecule has 0 radical (unpaired) electrons. The zero-order valence-corrected chi connectivity index (χ0v) is 12.0. The standard InChI is InChI=1S/C21H18/c1-3-7-17(8-4-1)21(18-9-5-2-6-10-18)20-14-12-16-11-13-19(16)15-20/h1-10,12,14-15,21H,11,13H2. The molecule has 0 N–H and O–H groups in total. The summed E-state index contributed by atoms with van der Waals surface area (Å²) >= 11 is 0. The van der Waals surface area contributed by atoms with Gasteiger partial charge in [0.15, 0.2) is 0 Å². The zero-order chi connectivity index (χ0) is 14.1. The Labute approximate surface area is 126 Å². The molecule has 21 heavy (non-hydrogen) atoms. The first-order chi connectivity index (χ1) is 10.4. The molecule has 3 aromatic carbocycles. The molecule has 0 unspecified atom stereocenters. The Hall–Kier alpha value is -2.34. The highest BCUT2D eigenvalue weighted by Gasteiger charge is 2.20. The van der Waals surface area contributed by atoms with Gasteiger partial charge in [-0.1, -0.05) is 78.9 Å². The number of hydrogen-bond donors (Lipinski definition) is 0. The quantitative estimate of drug-likeness (QED) is 0.590. The van der Waals surface area contributed by atoms with Crippen molar-refractivity contribution in [3.05, 3.63) is 107 Å². The van der Waals surface area contributed by atoms with Crippen LogP contribution >= 0.6 is 0 Å². The van der Waals surface area contributed by atoms with Crippen LogP contribution in [0.4, 0.5) is 0 Å². The van der Waals surface area contributed by atoms with E-state index in [0.29, 0.717) is 5.92 Å². The summed E-state index contributed by atoms with van der Waals surface area (Å²) < 4.78 is 0. The molecule has 0 saturated carbocycles. The van der Waals surface area contributed by atoms with Crippen molar-refractivity contribution in [1.82, 2.24) is 0 Å². The minimum absolute atomic E-state index is 0.332. The lowest BCUT2D eigenvalue weighted by Gasteiger charge is -2.24. The lowest BCUT2D eigenvalue weighted by molar-refractivity contribution is 0.827. The molecule has 0 nitrogen and oxygen atoms in total. The first-order valence-corrected chi connectivity index (χ1v) is 7.63. The van der Waals surface area contributed by atoms with Gasteiger partial charge in [-0.05, 0) is 40.7 Å². The average Bonchev–Trinajstić information content (AvgIpc) is 2.52. The van der Waals surface area contributed by atoms with E-state index in [1.807, 2.05) is 0 Å². The van der Waals surface area contributed by atoms with Gasteiger partial charge in [0, 0.05) is 5.92 Å². The van der Waals surface area contributed by atoms with Crippen LogP contribution in [0.15, 0.2) is 78.9 Å². The molecule has 0 bridgehead atoms. The Bertz CT molecular complexity index is 702.